The zero-order chi connectivity index (χ0) is 18.1. The maximum absolute atomic E-state index is 12.1. The van der Waals surface area contributed by atoms with Gasteiger partial charge in [-0.15, -0.1) is 0 Å². The Kier molecular flexibility index (Phi) is 4.40. The third kappa shape index (κ3) is 2.76. The van der Waals surface area contributed by atoms with Crippen LogP contribution in [0.3, 0.4) is 0 Å². The molecule has 0 radical (unpaired) electrons. The van der Waals surface area contributed by atoms with Gasteiger partial charge in [0, 0.05) is 25.4 Å². The predicted molar refractivity (Wildman–Crippen MR) is 101 cm³/mol. The lowest BCUT2D eigenvalue weighted by Crippen LogP contribution is -2.54. The van der Waals surface area contributed by atoms with E-state index in [9.17, 15) is 9.90 Å². The zero-order valence-corrected chi connectivity index (χ0v) is 15.8. The number of benzene rings is 1. The molecular formula is C19H19BrN4O2. The molecule has 3 aromatic rings. The summed E-state index contributed by atoms with van der Waals surface area (Å²) in [6, 6.07) is 10.0. The molecule has 1 atom stereocenters. The van der Waals surface area contributed by atoms with Gasteiger partial charge in [0.25, 0.3) is 0 Å². The van der Waals surface area contributed by atoms with Crippen LogP contribution in [0.15, 0.2) is 53.5 Å². The first-order chi connectivity index (χ1) is 12.6. The Balaban J connectivity index is 1.93. The van der Waals surface area contributed by atoms with Gasteiger partial charge >= 0.3 is 6.09 Å². The Morgan fingerprint density at radius 3 is 2.85 bits per heavy atom. The molecule has 0 aliphatic carbocycles. The Hall–Kier alpha value is -2.41. The van der Waals surface area contributed by atoms with Crippen LogP contribution in [-0.4, -0.2) is 37.0 Å². The summed E-state index contributed by atoms with van der Waals surface area (Å²) in [6.45, 7) is 0.514. The highest BCUT2D eigenvalue weighted by Crippen LogP contribution is 2.41. The molecule has 1 amide bonds. The van der Waals surface area contributed by atoms with E-state index in [2.05, 4.69) is 20.9 Å². The number of aromatic nitrogens is 3. The van der Waals surface area contributed by atoms with Crippen molar-refractivity contribution in [1.29, 1.82) is 0 Å². The average Bonchev–Trinajstić information content (AvgIpc) is 3.00. The Morgan fingerprint density at radius 2 is 2.08 bits per heavy atom. The van der Waals surface area contributed by atoms with E-state index in [-0.39, 0.29) is 0 Å². The molecule has 0 spiro atoms. The van der Waals surface area contributed by atoms with Gasteiger partial charge in [-0.05, 0) is 40.8 Å². The topological polar surface area (TPSA) is 70.7 Å². The van der Waals surface area contributed by atoms with Gasteiger partial charge in [0.2, 0.25) is 0 Å². The molecule has 4 rings (SSSR count). The fourth-order valence-electron chi connectivity index (χ4n) is 3.98. The van der Waals surface area contributed by atoms with Crippen molar-refractivity contribution >= 4 is 27.5 Å². The minimum Gasteiger partial charge on any atom is -0.465 e. The van der Waals surface area contributed by atoms with Gasteiger partial charge in [-0.25, -0.2) is 9.78 Å². The first-order valence-electron chi connectivity index (χ1n) is 8.64. The molecule has 1 aliphatic heterocycles. The number of hydrogen-bond donors (Lipinski definition) is 1. The standard InChI is InChI=1S/C19H19BrN4O2/c20-16-15-13-21-9-11-23(15)17(22-16)19(12-14-6-2-1-3-7-14)8-4-5-10-24(19)18(25)26/h1-3,6-7,9,11,13H,4-5,8,10,12H2,(H,25,26)/t19-/m0/s1. The summed E-state index contributed by atoms with van der Waals surface area (Å²) in [4.78, 5) is 22.6. The van der Waals surface area contributed by atoms with Gasteiger partial charge in [-0.3, -0.25) is 14.3 Å². The summed E-state index contributed by atoms with van der Waals surface area (Å²) in [5, 5.41) is 9.96. The number of amides is 1. The van der Waals surface area contributed by atoms with Crippen LogP contribution in [0, 0.1) is 0 Å². The number of fused-ring (bicyclic) bond motifs is 1. The van der Waals surface area contributed by atoms with E-state index in [0.717, 1.165) is 36.2 Å². The number of piperidine rings is 1. The number of nitrogens with zero attached hydrogens (tertiary/aromatic N) is 4. The van der Waals surface area contributed by atoms with E-state index >= 15 is 0 Å². The molecule has 0 bridgehead atoms. The summed E-state index contributed by atoms with van der Waals surface area (Å²) < 4.78 is 2.64. The van der Waals surface area contributed by atoms with E-state index in [0.29, 0.717) is 17.6 Å². The van der Waals surface area contributed by atoms with Crippen LogP contribution in [-0.2, 0) is 12.0 Å². The molecule has 1 fully saturated rings. The summed E-state index contributed by atoms with van der Waals surface area (Å²) in [7, 11) is 0. The molecule has 1 saturated heterocycles. The molecule has 6 nitrogen and oxygen atoms in total. The van der Waals surface area contributed by atoms with Crippen molar-refractivity contribution in [2.24, 2.45) is 0 Å². The van der Waals surface area contributed by atoms with Crippen LogP contribution >= 0.6 is 15.9 Å². The Labute approximate surface area is 159 Å². The summed E-state index contributed by atoms with van der Waals surface area (Å²) in [6.07, 6.45) is 7.56. The number of carboxylic acid groups (broad SMARTS) is 1. The maximum atomic E-state index is 12.1. The number of likely N-dealkylation sites (tertiary alicyclic amines) is 1. The van der Waals surface area contributed by atoms with Crippen molar-refractivity contribution in [1.82, 2.24) is 19.3 Å². The second kappa shape index (κ2) is 6.72. The van der Waals surface area contributed by atoms with Crippen LogP contribution in [0.2, 0.25) is 0 Å². The number of halogens is 1. The van der Waals surface area contributed by atoms with Crippen molar-refractivity contribution in [3.05, 3.63) is 64.9 Å². The first kappa shape index (κ1) is 17.0. The van der Waals surface area contributed by atoms with Gasteiger partial charge in [-0.2, -0.15) is 0 Å². The first-order valence-corrected chi connectivity index (χ1v) is 9.44. The monoisotopic (exact) mass is 414 g/mol. The van der Waals surface area contributed by atoms with Gasteiger partial charge in [0.1, 0.15) is 16.0 Å². The van der Waals surface area contributed by atoms with E-state index in [1.165, 1.54) is 0 Å². The highest BCUT2D eigenvalue weighted by Gasteiger charge is 2.46. The average molecular weight is 415 g/mol. The minimum absolute atomic E-state index is 0.514. The molecule has 134 valence electrons. The van der Waals surface area contributed by atoms with Gasteiger partial charge in [0.05, 0.1) is 11.7 Å². The summed E-state index contributed by atoms with van der Waals surface area (Å²) in [5.74, 6) is 0.743. The molecular weight excluding hydrogens is 396 g/mol. The highest BCUT2D eigenvalue weighted by atomic mass is 79.9. The summed E-state index contributed by atoms with van der Waals surface area (Å²) in [5.41, 5.74) is 1.23. The Bertz CT molecular complexity index is 943. The van der Waals surface area contributed by atoms with Gasteiger partial charge in [-0.1, -0.05) is 30.3 Å². The third-order valence-electron chi connectivity index (χ3n) is 5.13. The maximum Gasteiger partial charge on any atom is 0.408 e. The van der Waals surface area contributed by atoms with Gasteiger partial charge in [0.15, 0.2) is 0 Å². The minimum atomic E-state index is -0.900. The molecule has 1 aromatic carbocycles. The van der Waals surface area contributed by atoms with E-state index < -0.39 is 11.6 Å². The van der Waals surface area contributed by atoms with Crippen molar-refractivity contribution in [3.8, 4) is 0 Å². The highest BCUT2D eigenvalue weighted by molar-refractivity contribution is 9.10. The fraction of sp³-hybridized carbons (Fsp3) is 0.316. The molecule has 3 heterocycles. The smallest absolute Gasteiger partial charge is 0.408 e. The largest absolute Gasteiger partial charge is 0.465 e. The quantitative estimate of drug-likeness (QED) is 0.700. The van der Waals surface area contributed by atoms with Crippen LogP contribution < -0.4 is 0 Å². The lowest BCUT2D eigenvalue weighted by atomic mass is 9.80. The third-order valence-corrected chi connectivity index (χ3v) is 5.71. The molecule has 0 saturated carbocycles. The van der Waals surface area contributed by atoms with Crippen LogP contribution in [0.4, 0.5) is 4.79 Å². The SMILES string of the molecule is O=C(O)N1CCCC[C@]1(Cc1ccccc1)c1nc(Br)c2cnccn12. The second-order valence-electron chi connectivity index (χ2n) is 6.64. The fourth-order valence-corrected chi connectivity index (χ4v) is 4.44. The van der Waals surface area contributed by atoms with Gasteiger partial charge < -0.3 is 5.11 Å². The lowest BCUT2D eigenvalue weighted by Gasteiger charge is -2.45. The molecule has 1 N–H and O–H groups in total. The number of hydrogen-bond acceptors (Lipinski definition) is 3. The van der Waals surface area contributed by atoms with E-state index in [1.807, 2.05) is 40.9 Å². The normalized spacial score (nSPS) is 20.4. The van der Waals surface area contributed by atoms with Crippen LogP contribution in [0.5, 0.6) is 0 Å². The number of imidazole rings is 1. The van der Waals surface area contributed by atoms with Crippen molar-refractivity contribution in [2.45, 2.75) is 31.2 Å². The lowest BCUT2D eigenvalue weighted by molar-refractivity contribution is 0.0383. The van der Waals surface area contributed by atoms with Crippen molar-refractivity contribution < 1.29 is 9.90 Å². The molecule has 7 heteroatoms. The van der Waals surface area contributed by atoms with E-state index in [4.69, 9.17) is 4.98 Å². The number of rotatable bonds is 3. The predicted octanol–water partition coefficient (Wildman–Crippen LogP) is 4.09. The molecule has 1 aliphatic rings. The molecule has 0 unspecified atom stereocenters. The zero-order valence-electron chi connectivity index (χ0n) is 14.2. The van der Waals surface area contributed by atoms with Crippen LogP contribution in [0.25, 0.3) is 5.52 Å². The summed E-state index contributed by atoms with van der Waals surface area (Å²) >= 11 is 3.51. The second-order valence-corrected chi connectivity index (χ2v) is 7.39. The Morgan fingerprint density at radius 1 is 1.27 bits per heavy atom. The van der Waals surface area contributed by atoms with E-state index in [1.54, 1.807) is 17.3 Å². The van der Waals surface area contributed by atoms with Crippen molar-refractivity contribution in [3.63, 3.8) is 0 Å². The molecule has 2 aromatic heterocycles. The van der Waals surface area contributed by atoms with Crippen LogP contribution in [0.1, 0.15) is 30.7 Å². The number of carbonyl (C=O) groups is 1. The molecule has 26 heavy (non-hydrogen) atoms. The van der Waals surface area contributed by atoms with Crippen molar-refractivity contribution in [2.75, 3.05) is 6.54 Å².